The summed E-state index contributed by atoms with van der Waals surface area (Å²) in [5.74, 6) is 1.20. The molecule has 2 unspecified atom stereocenters. The number of methoxy groups -OCH3 is 1. The summed E-state index contributed by atoms with van der Waals surface area (Å²) in [6.07, 6.45) is 3.99. The van der Waals surface area contributed by atoms with Crippen LogP contribution in [-0.2, 0) is 9.47 Å². The average Bonchev–Trinajstić information content (AvgIpc) is 2.84. The molecule has 1 aliphatic carbocycles. The van der Waals surface area contributed by atoms with Gasteiger partial charge in [-0.1, -0.05) is 6.42 Å². The first kappa shape index (κ1) is 12.6. The molecular formula is C12H23N3O2. The van der Waals surface area contributed by atoms with Crippen LogP contribution in [0.15, 0.2) is 4.99 Å². The molecule has 98 valence electrons. The normalized spacial score (nSPS) is 30.9. The quantitative estimate of drug-likeness (QED) is 0.575. The summed E-state index contributed by atoms with van der Waals surface area (Å²) in [6.45, 7) is 4.00. The second-order valence-corrected chi connectivity index (χ2v) is 4.76. The van der Waals surface area contributed by atoms with Gasteiger partial charge in [-0.15, -0.1) is 0 Å². The van der Waals surface area contributed by atoms with Crippen LogP contribution < -0.4 is 5.73 Å². The Hall–Kier alpha value is -0.810. The molecule has 17 heavy (non-hydrogen) atoms. The van der Waals surface area contributed by atoms with Crippen molar-refractivity contribution in [2.24, 2.45) is 16.6 Å². The Morgan fingerprint density at radius 3 is 2.88 bits per heavy atom. The maximum Gasteiger partial charge on any atom is 0.191 e. The van der Waals surface area contributed by atoms with Gasteiger partial charge in [-0.25, -0.2) is 0 Å². The second kappa shape index (κ2) is 6.21. The molecule has 0 aromatic rings. The van der Waals surface area contributed by atoms with Gasteiger partial charge in [-0.2, -0.15) is 0 Å². The van der Waals surface area contributed by atoms with Crippen LogP contribution in [0.1, 0.15) is 19.3 Å². The first-order valence-electron chi connectivity index (χ1n) is 6.46. The summed E-state index contributed by atoms with van der Waals surface area (Å²) in [5.41, 5.74) is 5.99. The number of ether oxygens (including phenoxy) is 2. The fraction of sp³-hybridized carbons (Fsp3) is 0.917. The van der Waals surface area contributed by atoms with Crippen LogP contribution in [-0.4, -0.2) is 56.9 Å². The third-order valence-corrected chi connectivity index (χ3v) is 3.71. The number of guanidine groups is 1. The standard InChI is InChI=1S/C12H23N3O2/c1-16-11-4-2-3-10(11)9-14-12(13)15-5-7-17-8-6-15/h10-11H,2-9H2,1H3,(H2,13,14). The minimum absolute atomic E-state index is 0.372. The summed E-state index contributed by atoms with van der Waals surface area (Å²) < 4.78 is 10.7. The average molecular weight is 241 g/mol. The van der Waals surface area contributed by atoms with Gasteiger partial charge in [-0.3, -0.25) is 4.99 Å². The van der Waals surface area contributed by atoms with Crippen molar-refractivity contribution in [1.82, 2.24) is 4.90 Å². The van der Waals surface area contributed by atoms with Crippen molar-refractivity contribution >= 4 is 5.96 Å². The zero-order valence-electron chi connectivity index (χ0n) is 10.6. The Bertz CT molecular complexity index is 264. The van der Waals surface area contributed by atoms with E-state index < -0.39 is 0 Å². The highest BCUT2D eigenvalue weighted by Gasteiger charge is 2.26. The Balaban J connectivity index is 1.82. The minimum Gasteiger partial charge on any atom is -0.381 e. The zero-order chi connectivity index (χ0) is 12.1. The van der Waals surface area contributed by atoms with Gasteiger partial charge in [0.2, 0.25) is 0 Å². The molecule has 0 aromatic heterocycles. The van der Waals surface area contributed by atoms with Crippen molar-refractivity contribution in [3.8, 4) is 0 Å². The molecule has 0 aromatic carbocycles. The number of nitrogens with two attached hydrogens (primary N) is 1. The van der Waals surface area contributed by atoms with Crippen LogP contribution in [0.2, 0.25) is 0 Å². The largest absolute Gasteiger partial charge is 0.381 e. The summed E-state index contributed by atoms with van der Waals surface area (Å²) in [5, 5.41) is 0. The Morgan fingerprint density at radius 1 is 1.41 bits per heavy atom. The number of hydrogen-bond acceptors (Lipinski definition) is 3. The molecule has 1 aliphatic heterocycles. The lowest BCUT2D eigenvalue weighted by molar-refractivity contribution is 0.0662. The van der Waals surface area contributed by atoms with Gasteiger partial charge in [0.05, 0.1) is 19.3 Å². The van der Waals surface area contributed by atoms with E-state index in [-0.39, 0.29) is 0 Å². The SMILES string of the molecule is COC1CCCC1CN=C(N)N1CCOCC1. The molecule has 2 N–H and O–H groups in total. The molecule has 2 aliphatic rings. The van der Waals surface area contributed by atoms with Crippen molar-refractivity contribution in [2.45, 2.75) is 25.4 Å². The maximum absolute atomic E-state index is 5.99. The monoisotopic (exact) mass is 241 g/mol. The van der Waals surface area contributed by atoms with E-state index in [1.807, 2.05) is 0 Å². The summed E-state index contributed by atoms with van der Waals surface area (Å²) in [7, 11) is 1.79. The van der Waals surface area contributed by atoms with Crippen molar-refractivity contribution < 1.29 is 9.47 Å². The fourth-order valence-corrected chi connectivity index (χ4v) is 2.63. The lowest BCUT2D eigenvalue weighted by Crippen LogP contribution is -2.45. The van der Waals surface area contributed by atoms with E-state index in [2.05, 4.69) is 9.89 Å². The van der Waals surface area contributed by atoms with Crippen LogP contribution in [0.25, 0.3) is 0 Å². The van der Waals surface area contributed by atoms with Gasteiger partial charge in [0.15, 0.2) is 5.96 Å². The van der Waals surface area contributed by atoms with Crippen molar-refractivity contribution in [3.63, 3.8) is 0 Å². The molecule has 1 saturated heterocycles. The van der Waals surface area contributed by atoms with Gasteiger partial charge in [0.25, 0.3) is 0 Å². The van der Waals surface area contributed by atoms with Crippen molar-refractivity contribution in [1.29, 1.82) is 0 Å². The smallest absolute Gasteiger partial charge is 0.191 e. The predicted molar refractivity (Wildman–Crippen MR) is 67.0 cm³/mol. The van der Waals surface area contributed by atoms with Gasteiger partial charge in [-0.05, 0) is 12.8 Å². The van der Waals surface area contributed by atoms with E-state index >= 15 is 0 Å². The van der Waals surface area contributed by atoms with Gasteiger partial charge in [0, 0.05) is 32.7 Å². The topological polar surface area (TPSA) is 60.1 Å². The molecule has 1 heterocycles. The highest BCUT2D eigenvalue weighted by atomic mass is 16.5. The molecule has 2 rings (SSSR count). The van der Waals surface area contributed by atoms with E-state index in [1.165, 1.54) is 12.8 Å². The lowest BCUT2D eigenvalue weighted by Gasteiger charge is -2.28. The molecule has 0 radical (unpaired) electrons. The van der Waals surface area contributed by atoms with Crippen LogP contribution in [0.4, 0.5) is 0 Å². The van der Waals surface area contributed by atoms with Crippen LogP contribution in [0.5, 0.6) is 0 Å². The van der Waals surface area contributed by atoms with Gasteiger partial charge < -0.3 is 20.1 Å². The highest BCUT2D eigenvalue weighted by molar-refractivity contribution is 5.78. The number of hydrogen-bond donors (Lipinski definition) is 1. The first-order valence-corrected chi connectivity index (χ1v) is 6.46. The van der Waals surface area contributed by atoms with E-state index in [1.54, 1.807) is 7.11 Å². The third-order valence-electron chi connectivity index (χ3n) is 3.71. The first-order chi connectivity index (χ1) is 8.31. The molecule has 5 nitrogen and oxygen atoms in total. The fourth-order valence-electron chi connectivity index (χ4n) is 2.63. The molecular weight excluding hydrogens is 218 g/mol. The molecule has 2 fully saturated rings. The molecule has 2 atom stereocenters. The summed E-state index contributed by atoms with van der Waals surface area (Å²) >= 11 is 0. The molecule has 0 amide bonds. The summed E-state index contributed by atoms with van der Waals surface area (Å²) in [4.78, 5) is 6.61. The van der Waals surface area contributed by atoms with E-state index in [9.17, 15) is 0 Å². The minimum atomic E-state index is 0.372. The highest BCUT2D eigenvalue weighted by Crippen LogP contribution is 2.27. The van der Waals surface area contributed by atoms with E-state index in [0.717, 1.165) is 39.3 Å². The van der Waals surface area contributed by atoms with Gasteiger partial charge in [0.1, 0.15) is 0 Å². The zero-order valence-corrected chi connectivity index (χ0v) is 10.6. The van der Waals surface area contributed by atoms with Crippen molar-refractivity contribution in [3.05, 3.63) is 0 Å². The lowest BCUT2D eigenvalue weighted by atomic mass is 10.1. The Kier molecular flexibility index (Phi) is 4.62. The predicted octanol–water partition coefficient (Wildman–Crippen LogP) is 0.448. The molecule has 5 heteroatoms. The molecule has 0 spiro atoms. The van der Waals surface area contributed by atoms with Crippen LogP contribution >= 0.6 is 0 Å². The number of nitrogens with zero attached hydrogens (tertiary/aromatic N) is 2. The molecule has 0 bridgehead atoms. The maximum atomic E-state index is 5.99. The van der Waals surface area contributed by atoms with E-state index in [4.69, 9.17) is 15.2 Å². The Labute approximate surface area is 103 Å². The number of aliphatic imine (C=N–C) groups is 1. The summed E-state index contributed by atoms with van der Waals surface area (Å²) in [6, 6.07) is 0. The molecule has 1 saturated carbocycles. The van der Waals surface area contributed by atoms with Crippen LogP contribution in [0.3, 0.4) is 0 Å². The second-order valence-electron chi connectivity index (χ2n) is 4.76. The number of morpholine rings is 1. The number of rotatable bonds is 3. The van der Waals surface area contributed by atoms with Crippen molar-refractivity contribution in [2.75, 3.05) is 40.0 Å². The van der Waals surface area contributed by atoms with Crippen LogP contribution in [0, 0.1) is 5.92 Å². The third kappa shape index (κ3) is 3.33. The Morgan fingerprint density at radius 2 is 2.18 bits per heavy atom. The van der Waals surface area contributed by atoms with E-state index in [0.29, 0.717) is 18.0 Å². The van der Waals surface area contributed by atoms with Gasteiger partial charge >= 0.3 is 0 Å².